The Morgan fingerprint density at radius 1 is 0.861 bits per heavy atom. The number of hydrogen-bond donors (Lipinski definition) is 1. The molecule has 1 aromatic heterocycles. The summed E-state index contributed by atoms with van der Waals surface area (Å²) in [7, 11) is -2.38. The molecule has 0 aliphatic carbocycles. The highest BCUT2D eigenvalue weighted by Gasteiger charge is 2.25. The van der Waals surface area contributed by atoms with E-state index in [0.29, 0.717) is 11.4 Å². The van der Waals surface area contributed by atoms with Gasteiger partial charge in [-0.15, -0.1) is 0 Å². The van der Waals surface area contributed by atoms with Crippen LogP contribution >= 0.6 is 0 Å². The van der Waals surface area contributed by atoms with E-state index in [1.807, 2.05) is 37.3 Å². The van der Waals surface area contributed by atoms with Gasteiger partial charge in [0, 0.05) is 41.1 Å². The number of anilines is 2. The average Bonchev–Trinajstić information content (AvgIpc) is 3.21. The van der Waals surface area contributed by atoms with Crippen molar-refractivity contribution in [1.82, 2.24) is 4.57 Å². The summed E-state index contributed by atoms with van der Waals surface area (Å²) >= 11 is 0. The normalized spacial score (nSPS) is 11.6. The molecule has 0 fully saturated rings. The number of nitrogens with zero attached hydrogens (tertiary/aromatic N) is 2. The van der Waals surface area contributed by atoms with Crippen LogP contribution < -0.4 is 9.62 Å². The number of para-hydroxylation sites is 2. The second kappa shape index (κ2) is 9.17. The maximum Gasteiger partial charge on any atom is 0.264 e. The maximum atomic E-state index is 13.4. The lowest BCUT2D eigenvalue weighted by Crippen LogP contribution is -2.29. The smallest absolute Gasteiger partial charge is 0.264 e. The molecule has 5 aromatic rings. The van der Waals surface area contributed by atoms with Crippen LogP contribution in [0.25, 0.3) is 21.8 Å². The van der Waals surface area contributed by atoms with Crippen LogP contribution in [-0.4, -0.2) is 25.9 Å². The summed E-state index contributed by atoms with van der Waals surface area (Å²) in [6.07, 6.45) is 0. The molecule has 1 amide bonds. The van der Waals surface area contributed by atoms with Gasteiger partial charge in [-0.2, -0.15) is 0 Å². The molecular formula is C29H27N3O3S. The Bertz CT molecular complexity index is 1700. The largest absolute Gasteiger partial charge is 0.341 e. The van der Waals surface area contributed by atoms with Crippen molar-refractivity contribution in [2.45, 2.75) is 25.3 Å². The van der Waals surface area contributed by atoms with E-state index in [4.69, 9.17) is 0 Å². The van der Waals surface area contributed by atoms with Crippen molar-refractivity contribution >= 4 is 49.1 Å². The van der Waals surface area contributed by atoms with E-state index in [9.17, 15) is 13.2 Å². The van der Waals surface area contributed by atoms with Crippen LogP contribution in [0, 0.1) is 6.92 Å². The standard InChI is InChI=1S/C29H27N3O3S/c1-4-32-27-12-8-5-9-23(27)25-19-21(15-18-28(25)32)30-29(33)24-10-6-7-11-26(24)31(3)36(34,35)22-16-13-20(2)14-17-22/h5-19H,4H2,1-3H3,(H,30,33). The van der Waals surface area contributed by atoms with Gasteiger partial charge >= 0.3 is 0 Å². The zero-order chi connectivity index (χ0) is 25.4. The molecule has 0 saturated carbocycles. The molecule has 7 heteroatoms. The topological polar surface area (TPSA) is 71.4 Å². The van der Waals surface area contributed by atoms with Gasteiger partial charge in [-0.3, -0.25) is 9.10 Å². The second-order valence-electron chi connectivity index (χ2n) is 8.75. The van der Waals surface area contributed by atoms with Gasteiger partial charge in [-0.25, -0.2) is 8.42 Å². The van der Waals surface area contributed by atoms with Gasteiger partial charge in [0.25, 0.3) is 15.9 Å². The quantitative estimate of drug-likeness (QED) is 0.304. The molecule has 0 unspecified atom stereocenters. The number of rotatable bonds is 6. The summed E-state index contributed by atoms with van der Waals surface area (Å²) in [5.41, 5.74) is 4.43. The second-order valence-corrected chi connectivity index (χ2v) is 10.7. The Morgan fingerprint density at radius 2 is 1.53 bits per heavy atom. The fourth-order valence-corrected chi connectivity index (χ4v) is 5.82. The minimum absolute atomic E-state index is 0.170. The minimum atomic E-state index is -3.84. The number of aryl methyl sites for hydroxylation is 2. The van der Waals surface area contributed by atoms with Gasteiger partial charge < -0.3 is 9.88 Å². The molecule has 1 N–H and O–H groups in total. The lowest BCUT2D eigenvalue weighted by Gasteiger charge is -2.22. The van der Waals surface area contributed by atoms with Gasteiger partial charge in [0.2, 0.25) is 0 Å². The van der Waals surface area contributed by atoms with Crippen LogP contribution in [0.3, 0.4) is 0 Å². The van der Waals surface area contributed by atoms with Crippen molar-refractivity contribution in [2.24, 2.45) is 0 Å². The van der Waals surface area contributed by atoms with Gasteiger partial charge in [0.15, 0.2) is 0 Å². The van der Waals surface area contributed by atoms with E-state index >= 15 is 0 Å². The molecule has 5 rings (SSSR count). The first-order valence-corrected chi connectivity index (χ1v) is 13.2. The first-order chi connectivity index (χ1) is 17.3. The van der Waals surface area contributed by atoms with Crippen molar-refractivity contribution in [1.29, 1.82) is 0 Å². The Morgan fingerprint density at radius 3 is 2.28 bits per heavy atom. The van der Waals surface area contributed by atoms with Crippen LogP contribution in [-0.2, 0) is 16.6 Å². The molecular weight excluding hydrogens is 470 g/mol. The molecule has 0 saturated heterocycles. The molecule has 0 aliphatic rings. The van der Waals surface area contributed by atoms with Crippen molar-refractivity contribution in [3.8, 4) is 0 Å². The van der Waals surface area contributed by atoms with Crippen molar-refractivity contribution in [3.63, 3.8) is 0 Å². The molecule has 0 aliphatic heterocycles. The van der Waals surface area contributed by atoms with Crippen LogP contribution in [0.4, 0.5) is 11.4 Å². The molecule has 0 radical (unpaired) electrons. The first kappa shape index (κ1) is 23.6. The highest BCUT2D eigenvalue weighted by Crippen LogP contribution is 2.32. The lowest BCUT2D eigenvalue weighted by atomic mass is 10.1. The SMILES string of the molecule is CCn1c2ccccc2c2cc(NC(=O)c3ccccc3N(C)S(=O)(=O)c3ccc(C)cc3)ccc21. The number of aromatic nitrogens is 1. The third-order valence-electron chi connectivity index (χ3n) is 6.51. The number of carbonyl (C=O) groups is 1. The monoisotopic (exact) mass is 497 g/mol. The summed E-state index contributed by atoms with van der Waals surface area (Å²) in [5.74, 6) is -0.380. The van der Waals surface area contributed by atoms with E-state index in [2.05, 4.69) is 28.9 Å². The summed E-state index contributed by atoms with van der Waals surface area (Å²) in [6.45, 7) is 4.85. The predicted octanol–water partition coefficient (Wildman–Crippen LogP) is 6.20. The third kappa shape index (κ3) is 4.01. The van der Waals surface area contributed by atoms with E-state index in [0.717, 1.165) is 38.2 Å². The van der Waals surface area contributed by atoms with E-state index in [-0.39, 0.29) is 16.4 Å². The fraction of sp³-hybridized carbons (Fsp3) is 0.138. The van der Waals surface area contributed by atoms with Crippen molar-refractivity contribution in [3.05, 3.63) is 102 Å². The molecule has 0 atom stereocenters. The summed E-state index contributed by atoms with van der Waals surface area (Å²) in [4.78, 5) is 13.5. The predicted molar refractivity (Wildman–Crippen MR) is 146 cm³/mol. The Balaban J connectivity index is 1.49. The molecule has 182 valence electrons. The maximum absolute atomic E-state index is 13.4. The number of nitrogens with one attached hydrogen (secondary N) is 1. The van der Waals surface area contributed by atoms with Crippen LogP contribution in [0.15, 0.2) is 95.9 Å². The Kier molecular flexibility index (Phi) is 6.02. The van der Waals surface area contributed by atoms with E-state index < -0.39 is 10.0 Å². The summed E-state index contributed by atoms with van der Waals surface area (Å²) < 4.78 is 29.9. The number of fused-ring (bicyclic) bond motifs is 3. The number of hydrogen-bond acceptors (Lipinski definition) is 3. The van der Waals surface area contributed by atoms with Crippen LogP contribution in [0.2, 0.25) is 0 Å². The van der Waals surface area contributed by atoms with Gasteiger partial charge in [-0.1, -0.05) is 48.0 Å². The Labute approximate surface area is 210 Å². The molecule has 0 spiro atoms. The van der Waals surface area contributed by atoms with E-state index in [1.165, 1.54) is 7.05 Å². The highest BCUT2D eigenvalue weighted by atomic mass is 32.2. The van der Waals surface area contributed by atoms with Crippen LogP contribution in [0.1, 0.15) is 22.8 Å². The third-order valence-corrected chi connectivity index (χ3v) is 8.30. The number of benzene rings is 4. The minimum Gasteiger partial charge on any atom is -0.341 e. The Hall–Kier alpha value is -4.10. The molecule has 0 bridgehead atoms. The van der Waals surface area contributed by atoms with E-state index in [1.54, 1.807) is 48.5 Å². The summed E-state index contributed by atoms with van der Waals surface area (Å²) in [6, 6.07) is 27.4. The molecule has 1 heterocycles. The summed E-state index contributed by atoms with van der Waals surface area (Å²) in [5, 5.41) is 5.14. The molecule has 4 aromatic carbocycles. The molecule has 6 nitrogen and oxygen atoms in total. The zero-order valence-electron chi connectivity index (χ0n) is 20.4. The number of amides is 1. The zero-order valence-corrected chi connectivity index (χ0v) is 21.2. The van der Waals surface area contributed by atoms with Gasteiger partial charge in [-0.05, 0) is 62.4 Å². The number of carbonyl (C=O) groups excluding carboxylic acids is 1. The van der Waals surface area contributed by atoms with Gasteiger partial charge in [0.05, 0.1) is 16.1 Å². The fourth-order valence-electron chi connectivity index (χ4n) is 4.61. The first-order valence-electron chi connectivity index (χ1n) is 11.8. The van der Waals surface area contributed by atoms with Crippen LogP contribution in [0.5, 0.6) is 0 Å². The van der Waals surface area contributed by atoms with Crippen molar-refractivity contribution < 1.29 is 13.2 Å². The lowest BCUT2D eigenvalue weighted by molar-refractivity contribution is 0.102. The number of sulfonamides is 1. The molecule has 36 heavy (non-hydrogen) atoms. The average molecular weight is 498 g/mol. The highest BCUT2D eigenvalue weighted by molar-refractivity contribution is 7.92. The van der Waals surface area contributed by atoms with Crippen molar-refractivity contribution in [2.75, 3.05) is 16.7 Å². The van der Waals surface area contributed by atoms with Gasteiger partial charge in [0.1, 0.15) is 0 Å².